The van der Waals surface area contributed by atoms with Crippen molar-refractivity contribution in [3.8, 4) is 22.4 Å². The SMILES string of the molecule is Cc1cccc(-c2c(C)c(-c3ccc(Cl)cc3Cl)nc3sc4c(c23)CCCC4)c1. The first kappa shape index (κ1) is 19.1. The topological polar surface area (TPSA) is 12.9 Å². The van der Waals surface area contributed by atoms with E-state index in [-0.39, 0.29) is 0 Å². The summed E-state index contributed by atoms with van der Waals surface area (Å²) in [5, 5.41) is 2.63. The molecule has 2 heterocycles. The van der Waals surface area contributed by atoms with Gasteiger partial charge in [-0.3, -0.25) is 0 Å². The number of benzene rings is 2. The number of hydrogen-bond acceptors (Lipinski definition) is 2. The minimum atomic E-state index is 0.642. The Hall–Kier alpha value is -1.87. The normalized spacial score (nSPS) is 13.7. The van der Waals surface area contributed by atoms with Crippen LogP contribution in [0.5, 0.6) is 0 Å². The number of thiophene rings is 1. The van der Waals surface area contributed by atoms with Crippen LogP contribution >= 0.6 is 34.5 Å². The number of nitrogens with zero attached hydrogens (tertiary/aromatic N) is 1. The van der Waals surface area contributed by atoms with Gasteiger partial charge in [0.1, 0.15) is 4.83 Å². The molecule has 0 bridgehead atoms. The Labute approximate surface area is 185 Å². The highest BCUT2D eigenvalue weighted by atomic mass is 35.5. The van der Waals surface area contributed by atoms with Gasteiger partial charge in [-0.05, 0) is 80.0 Å². The van der Waals surface area contributed by atoms with Crippen molar-refractivity contribution in [1.82, 2.24) is 4.98 Å². The molecule has 0 aliphatic heterocycles. The highest BCUT2D eigenvalue weighted by Crippen LogP contribution is 2.45. The molecule has 4 heteroatoms. The largest absolute Gasteiger partial charge is 0.237 e. The maximum atomic E-state index is 6.59. The molecular weight excluding hydrogens is 417 g/mol. The van der Waals surface area contributed by atoms with Crippen molar-refractivity contribution in [3.63, 3.8) is 0 Å². The fourth-order valence-corrected chi connectivity index (χ4v) is 6.25. The zero-order valence-electron chi connectivity index (χ0n) is 16.5. The zero-order valence-corrected chi connectivity index (χ0v) is 18.8. The van der Waals surface area contributed by atoms with Gasteiger partial charge in [-0.15, -0.1) is 11.3 Å². The molecule has 1 nitrogen and oxygen atoms in total. The zero-order chi connectivity index (χ0) is 20.1. The lowest BCUT2D eigenvalue weighted by Crippen LogP contribution is -2.00. The van der Waals surface area contributed by atoms with Crippen molar-refractivity contribution < 1.29 is 0 Å². The van der Waals surface area contributed by atoms with Gasteiger partial charge < -0.3 is 0 Å². The molecule has 4 aromatic rings. The van der Waals surface area contributed by atoms with Gasteiger partial charge in [0.2, 0.25) is 0 Å². The number of fused-ring (bicyclic) bond motifs is 3. The molecule has 0 spiro atoms. The van der Waals surface area contributed by atoms with E-state index in [1.165, 1.54) is 57.3 Å². The van der Waals surface area contributed by atoms with Gasteiger partial charge in [0.15, 0.2) is 0 Å². The van der Waals surface area contributed by atoms with Gasteiger partial charge in [0.05, 0.1) is 10.7 Å². The Morgan fingerprint density at radius 3 is 2.59 bits per heavy atom. The summed E-state index contributed by atoms with van der Waals surface area (Å²) in [4.78, 5) is 7.77. The van der Waals surface area contributed by atoms with Crippen LogP contribution < -0.4 is 0 Å². The third kappa shape index (κ3) is 3.28. The average Bonchev–Trinajstić information content (AvgIpc) is 3.06. The number of halogens is 2. The van der Waals surface area contributed by atoms with E-state index in [1.807, 2.05) is 23.5 Å². The standard InChI is InChI=1S/C25H21Cl2NS/c1-14-6-5-7-16(12-14)22-15(2)24(18-11-10-17(26)13-20(18)27)28-25-23(22)19-8-3-4-9-21(19)29-25/h5-7,10-13H,3-4,8-9H2,1-2H3. The summed E-state index contributed by atoms with van der Waals surface area (Å²) in [7, 11) is 0. The molecule has 5 rings (SSSR count). The highest BCUT2D eigenvalue weighted by Gasteiger charge is 2.24. The quantitative estimate of drug-likeness (QED) is 0.306. The van der Waals surface area contributed by atoms with Crippen LogP contribution in [0, 0.1) is 13.8 Å². The van der Waals surface area contributed by atoms with Crippen molar-refractivity contribution in [1.29, 1.82) is 0 Å². The fraction of sp³-hybridized carbons (Fsp3) is 0.240. The van der Waals surface area contributed by atoms with Gasteiger partial charge in [-0.25, -0.2) is 4.98 Å². The van der Waals surface area contributed by atoms with Gasteiger partial charge in [-0.2, -0.15) is 0 Å². The van der Waals surface area contributed by atoms with Crippen molar-refractivity contribution >= 4 is 44.8 Å². The van der Waals surface area contributed by atoms with Crippen LogP contribution in [-0.2, 0) is 12.8 Å². The molecule has 2 aromatic heterocycles. The first-order chi connectivity index (χ1) is 14.0. The summed E-state index contributed by atoms with van der Waals surface area (Å²) < 4.78 is 0. The second-order valence-electron chi connectivity index (χ2n) is 7.85. The van der Waals surface area contributed by atoms with Crippen LogP contribution in [0.3, 0.4) is 0 Å². The van der Waals surface area contributed by atoms with Crippen molar-refractivity contribution in [3.05, 3.63) is 74.1 Å². The van der Waals surface area contributed by atoms with Crippen molar-refractivity contribution in [2.45, 2.75) is 39.5 Å². The van der Waals surface area contributed by atoms with E-state index >= 15 is 0 Å². The highest BCUT2D eigenvalue weighted by molar-refractivity contribution is 7.19. The lowest BCUT2D eigenvalue weighted by Gasteiger charge is -2.17. The molecule has 0 saturated carbocycles. The summed E-state index contributed by atoms with van der Waals surface area (Å²) in [6.07, 6.45) is 4.85. The summed E-state index contributed by atoms with van der Waals surface area (Å²) >= 11 is 14.6. The second-order valence-corrected chi connectivity index (χ2v) is 9.77. The first-order valence-corrected chi connectivity index (χ1v) is 11.6. The Balaban J connectivity index is 1.88. The molecule has 1 aliphatic carbocycles. The van der Waals surface area contributed by atoms with E-state index < -0.39 is 0 Å². The van der Waals surface area contributed by atoms with Crippen LogP contribution in [0.1, 0.15) is 34.4 Å². The van der Waals surface area contributed by atoms with Crippen molar-refractivity contribution in [2.24, 2.45) is 0 Å². The summed E-state index contributed by atoms with van der Waals surface area (Å²) in [5.74, 6) is 0. The third-order valence-electron chi connectivity index (χ3n) is 5.84. The number of rotatable bonds is 2. The number of aromatic nitrogens is 1. The number of aryl methyl sites for hydroxylation is 3. The average molecular weight is 438 g/mol. The van der Waals surface area contributed by atoms with Crippen LogP contribution in [-0.4, -0.2) is 4.98 Å². The minimum absolute atomic E-state index is 0.642. The molecule has 29 heavy (non-hydrogen) atoms. The minimum Gasteiger partial charge on any atom is -0.237 e. The van der Waals surface area contributed by atoms with Crippen LogP contribution in [0.2, 0.25) is 10.0 Å². The molecule has 1 aliphatic rings. The molecule has 0 atom stereocenters. The second kappa shape index (κ2) is 7.43. The molecule has 0 unspecified atom stereocenters. The molecule has 146 valence electrons. The van der Waals surface area contributed by atoms with E-state index in [0.717, 1.165) is 22.5 Å². The number of hydrogen-bond donors (Lipinski definition) is 0. The van der Waals surface area contributed by atoms with E-state index in [0.29, 0.717) is 10.0 Å². The van der Waals surface area contributed by atoms with E-state index in [9.17, 15) is 0 Å². The smallest absolute Gasteiger partial charge is 0.125 e. The van der Waals surface area contributed by atoms with Crippen LogP contribution in [0.15, 0.2) is 42.5 Å². The maximum absolute atomic E-state index is 6.59. The van der Waals surface area contributed by atoms with E-state index in [4.69, 9.17) is 28.2 Å². The molecule has 0 fully saturated rings. The number of pyridine rings is 1. The molecule has 0 saturated heterocycles. The third-order valence-corrected chi connectivity index (χ3v) is 7.57. The first-order valence-electron chi connectivity index (χ1n) is 10.00. The summed E-state index contributed by atoms with van der Waals surface area (Å²) in [5.41, 5.74) is 8.41. The maximum Gasteiger partial charge on any atom is 0.125 e. The van der Waals surface area contributed by atoms with Gasteiger partial charge >= 0.3 is 0 Å². The van der Waals surface area contributed by atoms with E-state index in [1.54, 1.807) is 6.07 Å². The monoisotopic (exact) mass is 437 g/mol. The van der Waals surface area contributed by atoms with Gasteiger partial charge in [-0.1, -0.05) is 53.0 Å². The predicted octanol–water partition coefficient (Wildman–Crippen LogP) is 8.43. The molecule has 2 aromatic carbocycles. The Kier molecular flexibility index (Phi) is 4.90. The molecule has 0 radical (unpaired) electrons. The van der Waals surface area contributed by atoms with Crippen LogP contribution in [0.4, 0.5) is 0 Å². The lowest BCUT2D eigenvalue weighted by atomic mass is 9.89. The summed E-state index contributed by atoms with van der Waals surface area (Å²) in [6.45, 7) is 4.33. The Morgan fingerprint density at radius 1 is 0.966 bits per heavy atom. The Morgan fingerprint density at radius 2 is 1.79 bits per heavy atom. The molecule has 0 amide bonds. The summed E-state index contributed by atoms with van der Waals surface area (Å²) in [6, 6.07) is 14.5. The molecule has 0 N–H and O–H groups in total. The van der Waals surface area contributed by atoms with Gasteiger partial charge in [0, 0.05) is 20.8 Å². The fourth-order valence-electron chi connectivity index (χ4n) is 4.48. The van der Waals surface area contributed by atoms with Crippen LogP contribution in [0.25, 0.3) is 32.6 Å². The Bertz CT molecular complexity index is 1260. The van der Waals surface area contributed by atoms with Crippen molar-refractivity contribution in [2.75, 3.05) is 0 Å². The lowest BCUT2D eigenvalue weighted by molar-refractivity contribution is 0.700. The van der Waals surface area contributed by atoms with E-state index in [2.05, 4.69) is 38.1 Å². The predicted molar refractivity (Wildman–Crippen MR) is 127 cm³/mol. The van der Waals surface area contributed by atoms with Gasteiger partial charge in [0.25, 0.3) is 0 Å². The molecular formula is C25H21Cl2NS.